The van der Waals surface area contributed by atoms with Gasteiger partial charge < -0.3 is 5.73 Å². The van der Waals surface area contributed by atoms with Gasteiger partial charge in [0.1, 0.15) is 0 Å². The third-order valence-corrected chi connectivity index (χ3v) is 3.42. The van der Waals surface area contributed by atoms with Crippen LogP contribution in [0.5, 0.6) is 0 Å². The molecular weight excluding hydrogens is 290 g/mol. The van der Waals surface area contributed by atoms with Gasteiger partial charge in [-0.2, -0.15) is 5.10 Å². The van der Waals surface area contributed by atoms with E-state index >= 15 is 0 Å². The number of halogens is 1. The van der Waals surface area contributed by atoms with Crippen LogP contribution in [0.2, 0.25) is 0 Å². The Kier molecular flexibility index (Phi) is 3.88. The zero-order chi connectivity index (χ0) is 13.3. The Hall–Kier alpha value is -1.13. The van der Waals surface area contributed by atoms with E-state index in [4.69, 9.17) is 5.73 Å². The van der Waals surface area contributed by atoms with Crippen LogP contribution in [0.3, 0.4) is 0 Å². The molecule has 3 nitrogen and oxygen atoms in total. The fourth-order valence-corrected chi connectivity index (χ4v) is 2.26. The zero-order valence-corrected chi connectivity index (χ0v) is 12.5. The van der Waals surface area contributed by atoms with Crippen LogP contribution in [0, 0.1) is 0 Å². The van der Waals surface area contributed by atoms with Crippen molar-refractivity contribution < 1.29 is 0 Å². The molecule has 0 aliphatic heterocycles. The van der Waals surface area contributed by atoms with Gasteiger partial charge in [0, 0.05) is 16.7 Å². The van der Waals surface area contributed by atoms with Gasteiger partial charge in [0.25, 0.3) is 0 Å². The van der Waals surface area contributed by atoms with E-state index in [1.54, 1.807) is 0 Å². The highest BCUT2D eigenvalue weighted by atomic mass is 79.9. The standard InChI is InChI=1S/C14H18BrN3/c1-9(2)13-6-7-18(17-13)14-5-4-11(15)8-12(14)10(3)16/h4-10H,16H2,1-3H3. The van der Waals surface area contributed by atoms with Crippen molar-refractivity contribution in [2.24, 2.45) is 5.73 Å². The maximum absolute atomic E-state index is 6.03. The van der Waals surface area contributed by atoms with Crippen molar-refractivity contribution in [2.75, 3.05) is 0 Å². The van der Waals surface area contributed by atoms with Crippen LogP contribution in [0.4, 0.5) is 0 Å². The van der Waals surface area contributed by atoms with Crippen molar-refractivity contribution in [2.45, 2.75) is 32.7 Å². The van der Waals surface area contributed by atoms with Gasteiger partial charge in [-0.1, -0.05) is 29.8 Å². The number of benzene rings is 1. The second-order valence-corrected chi connectivity index (χ2v) is 5.75. The minimum atomic E-state index is -0.0239. The van der Waals surface area contributed by atoms with Crippen LogP contribution in [0.15, 0.2) is 34.9 Å². The first-order valence-electron chi connectivity index (χ1n) is 6.10. The van der Waals surface area contributed by atoms with Gasteiger partial charge >= 0.3 is 0 Å². The first kappa shape index (κ1) is 13.3. The molecule has 1 aromatic carbocycles. The Morgan fingerprint density at radius 1 is 1.22 bits per heavy atom. The molecule has 96 valence electrons. The number of hydrogen-bond donors (Lipinski definition) is 1. The average molecular weight is 308 g/mol. The lowest BCUT2D eigenvalue weighted by Gasteiger charge is -2.13. The number of hydrogen-bond acceptors (Lipinski definition) is 2. The normalized spacial score (nSPS) is 13.0. The van der Waals surface area contributed by atoms with Gasteiger partial charge in [-0.25, -0.2) is 4.68 Å². The third-order valence-electron chi connectivity index (χ3n) is 2.93. The summed E-state index contributed by atoms with van der Waals surface area (Å²) in [6.45, 7) is 6.26. The van der Waals surface area contributed by atoms with Gasteiger partial charge in [0.05, 0.1) is 11.4 Å². The van der Waals surface area contributed by atoms with Crippen LogP contribution in [-0.4, -0.2) is 9.78 Å². The maximum atomic E-state index is 6.03. The van der Waals surface area contributed by atoms with Crippen molar-refractivity contribution in [3.8, 4) is 5.69 Å². The van der Waals surface area contributed by atoms with E-state index in [1.807, 2.05) is 29.9 Å². The lowest BCUT2D eigenvalue weighted by atomic mass is 10.1. The summed E-state index contributed by atoms with van der Waals surface area (Å²) >= 11 is 3.48. The highest BCUT2D eigenvalue weighted by Gasteiger charge is 2.11. The van der Waals surface area contributed by atoms with Crippen LogP contribution in [0.25, 0.3) is 5.69 Å². The van der Waals surface area contributed by atoms with E-state index in [9.17, 15) is 0 Å². The summed E-state index contributed by atoms with van der Waals surface area (Å²) in [5, 5.41) is 4.60. The van der Waals surface area contributed by atoms with Crippen molar-refractivity contribution in [3.05, 3.63) is 46.2 Å². The Morgan fingerprint density at radius 2 is 1.94 bits per heavy atom. The van der Waals surface area contributed by atoms with Crippen molar-refractivity contribution in [1.82, 2.24) is 9.78 Å². The molecule has 0 saturated carbocycles. The minimum absolute atomic E-state index is 0.0239. The van der Waals surface area contributed by atoms with Crippen LogP contribution in [0.1, 0.15) is 44.0 Å². The van der Waals surface area contributed by atoms with Gasteiger partial charge in [0.2, 0.25) is 0 Å². The molecule has 1 unspecified atom stereocenters. The maximum Gasteiger partial charge on any atom is 0.0694 e. The highest BCUT2D eigenvalue weighted by Crippen LogP contribution is 2.25. The average Bonchev–Trinajstić information content (AvgIpc) is 2.78. The Balaban J connectivity index is 2.49. The molecule has 0 spiro atoms. The molecule has 0 bridgehead atoms. The molecule has 2 rings (SSSR count). The zero-order valence-electron chi connectivity index (χ0n) is 10.9. The molecule has 0 amide bonds. The highest BCUT2D eigenvalue weighted by molar-refractivity contribution is 9.10. The fraction of sp³-hybridized carbons (Fsp3) is 0.357. The van der Waals surface area contributed by atoms with Crippen molar-refractivity contribution >= 4 is 15.9 Å². The first-order chi connectivity index (χ1) is 8.49. The SMILES string of the molecule is CC(C)c1ccn(-c2ccc(Br)cc2C(C)N)n1. The third kappa shape index (κ3) is 2.65. The van der Waals surface area contributed by atoms with Gasteiger partial charge in [-0.05, 0) is 42.7 Å². The summed E-state index contributed by atoms with van der Waals surface area (Å²) in [7, 11) is 0. The quantitative estimate of drug-likeness (QED) is 0.938. The molecule has 1 heterocycles. The van der Waals surface area contributed by atoms with Crippen LogP contribution >= 0.6 is 15.9 Å². The summed E-state index contributed by atoms with van der Waals surface area (Å²) in [4.78, 5) is 0. The van der Waals surface area contributed by atoms with Crippen LogP contribution < -0.4 is 5.73 Å². The monoisotopic (exact) mass is 307 g/mol. The number of nitrogens with zero attached hydrogens (tertiary/aromatic N) is 2. The molecule has 18 heavy (non-hydrogen) atoms. The molecule has 1 aromatic heterocycles. The Morgan fingerprint density at radius 3 is 2.50 bits per heavy atom. The van der Waals surface area contributed by atoms with Gasteiger partial charge in [-0.3, -0.25) is 0 Å². The predicted octanol–water partition coefficient (Wildman–Crippen LogP) is 3.78. The minimum Gasteiger partial charge on any atom is -0.324 e. The largest absolute Gasteiger partial charge is 0.324 e. The lowest BCUT2D eigenvalue weighted by molar-refractivity contribution is 0.745. The van der Waals surface area contributed by atoms with Crippen molar-refractivity contribution in [3.63, 3.8) is 0 Å². The lowest BCUT2D eigenvalue weighted by Crippen LogP contribution is -2.10. The molecule has 4 heteroatoms. The van der Waals surface area contributed by atoms with E-state index in [0.717, 1.165) is 21.4 Å². The first-order valence-corrected chi connectivity index (χ1v) is 6.89. The Labute approximate surface area is 116 Å². The van der Waals surface area contributed by atoms with E-state index in [2.05, 4.69) is 47.0 Å². The molecule has 0 aliphatic rings. The second-order valence-electron chi connectivity index (χ2n) is 4.83. The Bertz CT molecular complexity index is 544. The van der Waals surface area contributed by atoms with E-state index in [-0.39, 0.29) is 6.04 Å². The van der Waals surface area contributed by atoms with E-state index < -0.39 is 0 Å². The predicted molar refractivity (Wildman–Crippen MR) is 78.0 cm³/mol. The summed E-state index contributed by atoms with van der Waals surface area (Å²) in [5.74, 6) is 0.431. The van der Waals surface area contributed by atoms with E-state index in [0.29, 0.717) is 5.92 Å². The summed E-state index contributed by atoms with van der Waals surface area (Å²) in [6, 6.07) is 8.14. The molecule has 1 atom stereocenters. The molecule has 0 fully saturated rings. The van der Waals surface area contributed by atoms with E-state index in [1.165, 1.54) is 0 Å². The molecule has 2 N–H and O–H groups in total. The van der Waals surface area contributed by atoms with Gasteiger partial charge in [-0.15, -0.1) is 0 Å². The van der Waals surface area contributed by atoms with Crippen LogP contribution in [-0.2, 0) is 0 Å². The summed E-state index contributed by atoms with van der Waals surface area (Å²) < 4.78 is 2.94. The smallest absolute Gasteiger partial charge is 0.0694 e. The molecule has 0 aliphatic carbocycles. The molecule has 0 saturated heterocycles. The molecular formula is C14H18BrN3. The molecule has 2 aromatic rings. The molecule has 0 radical (unpaired) electrons. The second kappa shape index (κ2) is 5.24. The summed E-state index contributed by atoms with van der Waals surface area (Å²) in [5.41, 5.74) is 9.24. The summed E-state index contributed by atoms with van der Waals surface area (Å²) in [6.07, 6.45) is 1.99. The fourth-order valence-electron chi connectivity index (χ4n) is 1.88. The topological polar surface area (TPSA) is 43.8 Å². The number of nitrogens with two attached hydrogens (primary N) is 1. The number of rotatable bonds is 3. The van der Waals surface area contributed by atoms with Gasteiger partial charge in [0.15, 0.2) is 0 Å². The van der Waals surface area contributed by atoms with Crippen molar-refractivity contribution in [1.29, 1.82) is 0 Å². The number of aromatic nitrogens is 2.